The Labute approximate surface area is 276 Å². The van der Waals surface area contributed by atoms with Gasteiger partial charge >= 0.3 is 277 Å². The van der Waals surface area contributed by atoms with Crippen LogP contribution in [0.25, 0.3) is 0 Å². The third-order valence-corrected chi connectivity index (χ3v) is 14.7. The van der Waals surface area contributed by atoms with Gasteiger partial charge in [-0.3, -0.25) is 0 Å². The summed E-state index contributed by atoms with van der Waals surface area (Å²) in [4.78, 5) is 0. The second kappa shape index (κ2) is 12.6. The average molecular weight is 631 g/mol. The minimum absolute atomic E-state index is 0.119. The molecule has 0 saturated heterocycles. The SMILES string of the molecule is Oc1ccc(C(c2ccc(O)cc2)c2ccc(OP(c3ccccc3)(c3ccccc3)(c3ccccc3)c3ccccc3)cc2)cc1. The third-order valence-electron chi connectivity index (χ3n) is 8.95. The van der Waals surface area contributed by atoms with Gasteiger partial charge in [-0.15, -0.1) is 0 Å². The molecule has 0 aliphatic carbocycles. The molecule has 47 heavy (non-hydrogen) atoms. The molecule has 0 aliphatic heterocycles. The van der Waals surface area contributed by atoms with E-state index in [1.807, 2.05) is 24.3 Å². The van der Waals surface area contributed by atoms with Gasteiger partial charge in [-0.2, -0.15) is 0 Å². The number of aromatic hydroxyl groups is 2. The van der Waals surface area contributed by atoms with Crippen molar-refractivity contribution in [2.24, 2.45) is 0 Å². The minimum atomic E-state index is -3.87. The molecule has 7 aromatic rings. The summed E-state index contributed by atoms with van der Waals surface area (Å²) in [5.41, 5.74) is 3.13. The molecule has 0 heterocycles. The molecule has 0 amide bonds. The zero-order valence-corrected chi connectivity index (χ0v) is 26.7. The topological polar surface area (TPSA) is 49.7 Å². The zero-order valence-electron chi connectivity index (χ0n) is 25.8. The Hall–Kier alpha value is -5.63. The van der Waals surface area contributed by atoms with Crippen molar-refractivity contribution in [2.45, 2.75) is 5.92 Å². The van der Waals surface area contributed by atoms with Gasteiger partial charge in [-0.25, -0.2) is 0 Å². The molecule has 7 aromatic carbocycles. The van der Waals surface area contributed by atoms with E-state index in [2.05, 4.69) is 146 Å². The molecule has 0 bridgehead atoms. The first-order chi connectivity index (χ1) is 23.1. The van der Waals surface area contributed by atoms with Gasteiger partial charge in [-0.05, 0) is 0 Å². The Balaban J connectivity index is 1.46. The molecule has 0 radical (unpaired) electrons. The molecular formula is C43H35O3P. The number of phenolic OH excluding ortho intramolecular Hbond substituents is 2. The average Bonchev–Trinajstić information content (AvgIpc) is 3.14. The maximum atomic E-state index is 10.0. The van der Waals surface area contributed by atoms with Crippen LogP contribution in [0.5, 0.6) is 17.2 Å². The molecule has 0 spiro atoms. The van der Waals surface area contributed by atoms with Crippen LogP contribution in [0.4, 0.5) is 0 Å². The molecule has 0 aromatic heterocycles. The fourth-order valence-electron chi connectivity index (χ4n) is 6.80. The number of hydrogen-bond acceptors (Lipinski definition) is 3. The van der Waals surface area contributed by atoms with Crippen molar-refractivity contribution in [3.63, 3.8) is 0 Å². The predicted molar refractivity (Wildman–Crippen MR) is 195 cm³/mol. The van der Waals surface area contributed by atoms with E-state index in [-0.39, 0.29) is 17.4 Å². The first-order valence-electron chi connectivity index (χ1n) is 15.7. The molecule has 3 nitrogen and oxygen atoms in total. The van der Waals surface area contributed by atoms with Gasteiger partial charge in [-0.1, -0.05) is 0 Å². The number of phenols is 2. The van der Waals surface area contributed by atoms with Gasteiger partial charge in [0.05, 0.1) is 0 Å². The molecule has 230 valence electrons. The molecule has 0 fully saturated rings. The Morgan fingerprint density at radius 3 is 0.915 bits per heavy atom. The summed E-state index contributed by atoms with van der Waals surface area (Å²) in [7, 11) is 0. The van der Waals surface area contributed by atoms with Crippen LogP contribution in [0, 0.1) is 0 Å². The number of rotatable bonds is 9. The van der Waals surface area contributed by atoms with E-state index in [9.17, 15) is 10.2 Å². The fraction of sp³-hybridized carbons (Fsp3) is 0.0233. The van der Waals surface area contributed by atoms with Gasteiger partial charge in [0.15, 0.2) is 0 Å². The van der Waals surface area contributed by atoms with Crippen LogP contribution in [0.2, 0.25) is 0 Å². The molecule has 4 heteroatoms. The Morgan fingerprint density at radius 1 is 0.340 bits per heavy atom. The van der Waals surface area contributed by atoms with Gasteiger partial charge in [0.25, 0.3) is 0 Å². The van der Waals surface area contributed by atoms with Crippen LogP contribution >= 0.6 is 6.83 Å². The van der Waals surface area contributed by atoms with E-state index in [0.29, 0.717) is 0 Å². The van der Waals surface area contributed by atoms with Crippen molar-refractivity contribution in [3.8, 4) is 17.2 Å². The monoisotopic (exact) mass is 630 g/mol. The third kappa shape index (κ3) is 5.25. The summed E-state index contributed by atoms with van der Waals surface area (Å²) in [6.07, 6.45) is 0. The van der Waals surface area contributed by atoms with Crippen molar-refractivity contribution in [2.75, 3.05) is 0 Å². The fourth-order valence-corrected chi connectivity index (χ4v) is 12.5. The van der Waals surface area contributed by atoms with Crippen LogP contribution < -0.4 is 25.7 Å². The van der Waals surface area contributed by atoms with Crippen LogP contribution in [0.15, 0.2) is 194 Å². The summed E-state index contributed by atoms with van der Waals surface area (Å²) >= 11 is 0. The van der Waals surface area contributed by atoms with E-state index in [1.165, 1.54) is 0 Å². The van der Waals surface area contributed by atoms with Gasteiger partial charge in [0.1, 0.15) is 0 Å². The van der Waals surface area contributed by atoms with Crippen molar-refractivity contribution >= 4 is 28.0 Å². The van der Waals surface area contributed by atoms with Crippen molar-refractivity contribution in [3.05, 3.63) is 211 Å². The second-order valence-corrected chi connectivity index (χ2v) is 16.0. The van der Waals surface area contributed by atoms with Gasteiger partial charge < -0.3 is 0 Å². The van der Waals surface area contributed by atoms with Crippen LogP contribution in [0.3, 0.4) is 0 Å². The van der Waals surface area contributed by atoms with E-state index in [0.717, 1.165) is 43.7 Å². The molecule has 7 rings (SSSR count). The van der Waals surface area contributed by atoms with Crippen LogP contribution in [-0.4, -0.2) is 10.2 Å². The summed E-state index contributed by atoms with van der Waals surface area (Å²) in [5.74, 6) is 1.07. The first-order valence-corrected chi connectivity index (χ1v) is 17.9. The van der Waals surface area contributed by atoms with Gasteiger partial charge in [0, 0.05) is 0 Å². The number of benzene rings is 7. The van der Waals surface area contributed by atoms with E-state index in [4.69, 9.17) is 4.52 Å². The molecule has 0 unspecified atom stereocenters. The summed E-state index contributed by atoms with van der Waals surface area (Å²) in [5, 5.41) is 24.5. The second-order valence-electron chi connectivity index (χ2n) is 11.7. The normalized spacial score (nSPS) is 12.2. The quantitative estimate of drug-likeness (QED) is 0.124. The molecule has 0 aliphatic rings. The van der Waals surface area contributed by atoms with Crippen LogP contribution in [0.1, 0.15) is 22.6 Å². The van der Waals surface area contributed by atoms with Gasteiger partial charge in [0.2, 0.25) is 0 Å². The van der Waals surface area contributed by atoms with E-state index < -0.39 is 6.83 Å². The first kappa shape index (κ1) is 30.0. The van der Waals surface area contributed by atoms with Crippen molar-refractivity contribution in [1.82, 2.24) is 0 Å². The Bertz CT molecular complexity index is 1830. The van der Waals surface area contributed by atoms with Crippen molar-refractivity contribution in [1.29, 1.82) is 0 Å². The molecule has 0 atom stereocenters. The number of hydrogen-bond donors (Lipinski definition) is 2. The maximum absolute atomic E-state index is 10.0. The van der Waals surface area contributed by atoms with Crippen molar-refractivity contribution < 1.29 is 14.7 Å². The van der Waals surface area contributed by atoms with E-state index >= 15 is 0 Å². The van der Waals surface area contributed by atoms with E-state index in [1.54, 1.807) is 24.3 Å². The summed E-state index contributed by atoms with van der Waals surface area (Å²) < 4.78 is 7.78. The summed E-state index contributed by atoms with van der Waals surface area (Å²) in [6.45, 7) is -3.87. The molecular weight excluding hydrogens is 595 g/mol. The zero-order chi connectivity index (χ0) is 32.1. The Kier molecular flexibility index (Phi) is 8.08. The van der Waals surface area contributed by atoms with Crippen LogP contribution in [-0.2, 0) is 0 Å². The summed E-state index contributed by atoms with van der Waals surface area (Å²) in [6, 6.07) is 65.6. The predicted octanol–water partition coefficient (Wildman–Crippen LogP) is 8.43. The standard InChI is InChI=1S/C43H35O3P/c44-36-27-21-33(22-28-36)43(34-23-29-37(45)30-24-34)35-25-31-38(32-26-35)46-47(39-13-5-1-6-14-39,40-15-7-2-8-16-40,41-17-9-3-10-18-41)42-19-11-4-12-20-42/h1-32,43-45H. The molecule has 2 N–H and O–H groups in total. The molecule has 0 saturated carbocycles. The Morgan fingerprint density at radius 2 is 0.617 bits per heavy atom.